The molecule has 0 bridgehead atoms. The van der Waals surface area contributed by atoms with Crippen LogP contribution in [0, 0.1) is 0 Å². The van der Waals surface area contributed by atoms with E-state index < -0.39 is 17.5 Å². The number of anilines is 1. The fourth-order valence-electron chi connectivity index (χ4n) is 1.50. The summed E-state index contributed by atoms with van der Waals surface area (Å²) in [6, 6.07) is 5.78. The van der Waals surface area contributed by atoms with Crippen LogP contribution in [0.15, 0.2) is 40.6 Å². The first-order valence-electron chi connectivity index (χ1n) is 5.91. The van der Waals surface area contributed by atoms with E-state index in [0.717, 1.165) is 0 Å². The molecule has 104 valence electrons. The summed E-state index contributed by atoms with van der Waals surface area (Å²) in [4.78, 5) is 38.1. The molecule has 0 saturated carbocycles. The van der Waals surface area contributed by atoms with Crippen molar-refractivity contribution in [3.8, 4) is 0 Å². The Morgan fingerprint density at radius 3 is 2.75 bits per heavy atom. The first-order valence-corrected chi connectivity index (χ1v) is 6.79. The minimum absolute atomic E-state index is 0.148. The Morgan fingerprint density at radius 1 is 1.30 bits per heavy atom. The van der Waals surface area contributed by atoms with E-state index in [4.69, 9.17) is 0 Å². The fraction of sp³-hybridized carbons (Fsp3) is 0.154. The molecule has 0 radical (unpaired) electrons. The molecule has 0 aliphatic rings. The smallest absolute Gasteiger partial charge is 0.271 e. The average molecular weight is 291 g/mol. The molecule has 2 amide bonds. The number of aromatic amines is 1. The van der Waals surface area contributed by atoms with Crippen LogP contribution in [0.4, 0.5) is 5.69 Å². The van der Waals surface area contributed by atoms with Crippen molar-refractivity contribution < 1.29 is 9.59 Å². The van der Waals surface area contributed by atoms with E-state index in [0.29, 0.717) is 4.88 Å². The van der Waals surface area contributed by atoms with Crippen molar-refractivity contribution in [3.05, 3.63) is 51.1 Å². The van der Waals surface area contributed by atoms with E-state index in [9.17, 15) is 14.4 Å². The number of rotatable bonds is 4. The molecule has 7 heteroatoms. The van der Waals surface area contributed by atoms with Gasteiger partial charge in [0.1, 0.15) is 11.7 Å². The number of thiophene rings is 1. The molecular weight excluding hydrogens is 278 g/mol. The van der Waals surface area contributed by atoms with Crippen LogP contribution in [0.2, 0.25) is 0 Å². The van der Waals surface area contributed by atoms with Crippen molar-refractivity contribution in [1.29, 1.82) is 0 Å². The van der Waals surface area contributed by atoms with Crippen LogP contribution in [0.1, 0.15) is 16.6 Å². The second-order valence-corrected chi connectivity index (χ2v) is 5.02. The highest BCUT2D eigenvalue weighted by atomic mass is 32.1. The Kier molecular flexibility index (Phi) is 4.31. The van der Waals surface area contributed by atoms with E-state index >= 15 is 0 Å². The summed E-state index contributed by atoms with van der Waals surface area (Å²) in [6.07, 6.45) is 1.47. The Bertz CT molecular complexity index is 664. The zero-order valence-electron chi connectivity index (χ0n) is 10.7. The number of nitrogens with one attached hydrogen (secondary N) is 3. The number of pyridine rings is 1. The highest BCUT2D eigenvalue weighted by molar-refractivity contribution is 7.12. The lowest BCUT2D eigenvalue weighted by Crippen LogP contribution is -2.42. The lowest BCUT2D eigenvalue weighted by Gasteiger charge is -2.13. The van der Waals surface area contributed by atoms with Gasteiger partial charge in [-0.05, 0) is 30.5 Å². The van der Waals surface area contributed by atoms with Crippen molar-refractivity contribution >= 4 is 28.8 Å². The maximum Gasteiger partial charge on any atom is 0.271 e. The van der Waals surface area contributed by atoms with Crippen molar-refractivity contribution in [2.75, 3.05) is 5.32 Å². The zero-order chi connectivity index (χ0) is 14.5. The molecule has 20 heavy (non-hydrogen) atoms. The highest BCUT2D eigenvalue weighted by Gasteiger charge is 2.17. The third kappa shape index (κ3) is 3.33. The number of aromatic nitrogens is 1. The number of hydrogen-bond acceptors (Lipinski definition) is 4. The fourth-order valence-corrected chi connectivity index (χ4v) is 2.13. The van der Waals surface area contributed by atoms with Crippen LogP contribution >= 0.6 is 11.3 Å². The van der Waals surface area contributed by atoms with Gasteiger partial charge in [0.15, 0.2) is 0 Å². The van der Waals surface area contributed by atoms with Crippen LogP contribution in [-0.4, -0.2) is 22.8 Å². The van der Waals surface area contributed by atoms with Crippen LogP contribution in [-0.2, 0) is 4.79 Å². The second kappa shape index (κ2) is 6.16. The summed E-state index contributed by atoms with van der Waals surface area (Å²) in [7, 11) is 0. The van der Waals surface area contributed by atoms with E-state index in [1.54, 1.807) is 30.5 Å². The molecule has 2 aromatic heterocycles. The van der Waals surface area contributed by atoms with Gasteiger partial charge in [0.2, 0.25) is 5.91 Å². The molecule has 0 aliphatic heterocycles. The topological polar surface area (TPSA) is 91.1 Å². The molecule has 2 aromatic rings. The first kappa shape index (κ1) is 14.0. The molecule has 0 fully saturated rings. The SMILES string of the molecule is C[C@H](NC(=O)c1cccs1)C(=O)Nc1ccc[nH]c1=O. The summed E-state index contributed by atoms with van der Waals surface area (Å²) in [5, 5.41) is 6.82. The molecule has 0 unspecified atom stereocenters. The number of amides is 2. The Morgan fingerprint density at radius 2 is 2.10 bits per heavy atom. The van der Waals surface area contributed by atoms with Crippen LogP contribution < -0.4 is 16.2 Å². The average Bonchev–Trinajstić information content (AvgIpc) is 2.95. The molecule has 0 aromatic carbocycles. The molecule has 0 spiro atoms. The van der Waals surface area contributed by atoms with Crippen LogP contribution in [0.25, 0.3) is 0 Å². The third-order valence-electron chi connectivity index (χ3n) is 2.56. The van der Waals surface area contributed by atoms with E-state index in [1.165, 1.54) is 23.6 Å². The molecule has 0 aliphatic carbocycles. The van der Waals surface area contributed by atoms with Crippen molar-refractivity contribution in [2.45, 2.75) is 13.0 Å². The lowest BCUT2D eigenvalue weighted by atomic mass is 10.3. The van der Waals surface area contributed by atoms with Crippen LogP contribution in [0.3, 0.4) is 0 Å². The number of carbonyl (C=O) groups is 2. The van der Waals surface area contributed by atoms with Gasteiger partial charge in [0.05, 0.1) is 4.88 Å². The molecule has 3 N–H and O–H groups in total. The summed E-state index contributed by atoms with van der Waals surface area (Å²) >= 11 is 1.29. The number of carbonyl (C=O) groups excluding carboxylic acids is 2. The standard InChI is InChI=1S/C13H13N3O3S/c1-8(15-13(19)10-5-3-7-20-10)11(17)16-9-4-2-6-14-12(9)18/h2-8H,1H3,(H,14,18)(H,15,19)(H,16,17)/t8-/m0/s1. The van der Waals surface area contributed by atoms with Crippen molar-refractivity contribution in [2.24, 2.45) is 0 Å². The van der Waals surface area contributed by atoms with E-state index in [1.807, 2.05) is 0 Å². The van der Waals surface area contributed by atoms with Crippen LogP contribution in [0.5, 0.6) is 0 Å². The normalized spacial score (nSPS) is 11.7. The quantitative estimate of drug-likeness (QED) is 0.790. The Balaban J connectivity index is 1.98. The maximum absolute atomic E-state index is 11.9. The van der Waals surface area contributed by atoms with Gasteiger partial charge in [-0.3, -0.25) is 14.4 Å². The minimum atomic E-state index is -0.746. The van der Waals surface area contributed by atoms with Crippen molar-refractivity contribution in [3.63, 3.8) is 0 Å². The molecule has 2 heterocycles. The summed E-state index contributed by atoms with van der Waals surface area (Å²) in [6.45, 7) is 1.55. The van der Waals surface area contributed by atoms with Gasteiger partial charge in [-0.1, -0.05) is 6.07 Å². The van der Waals surface area contributed by atoms with Crippen molar-refractivity contribution in [1.82, 2.24) is 10.3 Å². The zero-order valence-corrected chi connectivity index (χ0v) is 11.5. The molecule has 6 nitrogen and oxygen atoms in total. The largest absolute Gasteiger partial charge is 0.340 e. The second-order valence-electron chi connectivity index (χ2n) is 4.07. The third-order valence-corrected chi connectivity index (χ3v) is 3.43. The lowest BCUT2D eigenvalue weighted by molar-refractivity contribution is -0.117. The van der Waals surface area contributed by atoms with Gasteiger partial charge in [0.25, 0.3) is 11.5 Å². The highest BCUT2D eigenvalue weighted by Crippen LogP contribution is 2.08. The predicted molar refractivity (Wildman–Crippen MR) is 76.9 cm³/mol. The van der Waals surface area contributed by atoms with Gasteiger partial charge < -0.3 is 15.6 Å². The minimum Gasteiger partial charge on any atom is -0.340 e. The Labute approximate surface area is 118 Å². The van der Waals surface area contributed by atoms with Gasteiger partial charge >= 0.3 is 0 Å². The van der Waals surface area contributed by atoms with Gasteiger partial charge in [-0.25, -0.2) is 0 Å². The number of hydrogen-bond donors (Lipinski definition) is 3. The van der Waals surface area contributed by atoms with Gasteiger partial charge in [0, 0.05) is 6.20 Å². The molecular formula is C13H13N3O3S. The van der Waals surface area contributed by atoms with E-state index in [-0.39, 0.29) is 11.6 Å². The first-order chi connectivity index (χ1) is 9.58. The summed E-state index contributed by atoms with van der Waals surface area (Å²) in [5.74, 6) is -0.767. The molecule has 0 saturated heterocycles. The Hall–Kier alpha value is -2.41. The summed E-state index contributed by atoms with van der Waals surface area (Å²) in [5.41, 5.74) is -0.243. The summed E-state index contributed by atoms with van der Waals surface area (Å²) < 4.78 is 0. The van der Waals surface area contributed by atoms with E-state index in [2.05, 4.69) is 15.6 Å². The maximum atomic E-state index is 11.9. The monoisotopic (exact) mass is 291 g/mol. The molecule has 2 rings (SSSR count). The van der Waals surface area contributed by atoms with Gasteiger partial charge in [-0.2, -0.15) is 0 Å². The number of H-pyrrole nitrogens is 1. The predicted octanol–water partition coefficient (Wildman–Crippen LogP) is 1.19. The molecule has 1 atom stereocenters. The van der Waals surface area contributed by atoms with Gasteiger partial charge in [-0.15, -0.1) is 11.3 Å².